The van der Waals surface area contributed by atoms with Crippen molar-refractivity contribution in [2.24, 2.45) is 21.1 Å². The SMILES string of the molecule is COc1cc(OC)cc(N(CCCN2CCC(O)C2)c2ccc3ncc(-c4cnn(C)c4)nc3c2)c1.COc1cc(OC)cc(N(CCCN2CCC(O)C2)c2ccc3ncc(-c4cnn(C)c4)nc3c2)c1.COc1cc(OC)cc(N(CCCN2CCCC2)c2ccc3ncc(-c4cnn(CCS(C)(=O)=O)c4)nc3c2)c1.COc1cc(OC)cc(N(CCNC2CC2)c2ccc3ncc(-c4cnn(C)c4)nc3c2)c1. The molecule has 3 N–H and O–H groups in total. The number of anilines is 8. The molecule has 1 saturated carbocycles. The number of fused-ring (bicyclic) bond motifs is 4. The smallest absolute Gasteiger partial charge is 0.149 e. The number of hydrogen-bond donors (Lipinski definition) is 3. The number of aromatic nitrogens is 16. The Balaban J connectivity index is 0.000000133. The molecule has 0 spiro atoms. The molecule has 0 amide bonds. The first-order valence-corrected chi connectivity index (χ1v) is 51.1. The predicted octanol–water partition coefficient (Wildman–Crippen LogP) is 15.4. The Morgan fingerprint density at radius 1 is 0.338 bits per heavy atom. The molecule has 8 aromatic heterocycles. The molecule has 11 heterocycles. The van der Waals surface area contributed by atoms with Gasteiger partial charge in [0.05, 0.1) is 198 Å². The maximum absolute atomic E-state index is 11.5. The van der Waals surface area contributed by atoms with E-state index in [2.05, 4.69) is 128 Å². The summed E-state index contributed by atoms with van der Waals surface area (Å²) in [7, 11) is 15.9. The van der Waals surface area contributed by atoms with Gasteiger partial charge in [-0.05, 0) is 163 Å². The average molecular weight is 1990 g/mol. The zero-order valence-corrected chi connectivity index (χ0v) is 85.2. The van der Waals surface area contributed by atoms with Gasteiger partial charge in [0.15, 0.2) is 0 Å². The lowest BCUT2D eigenvalue weighted by atomic mass is 10.1. The molecule has 2 atom stereocenters. The number of methoxy groups -OCH3 is 8. The third-order valence-corrected chi connectivity index (χ3v) is 27.1. The fourth-order valence-electron chi connectivity index (χ4n) is 18.2. The lowest BCUT2D eigenvalue weighted by Gasteiger charge is -2.27. The third kappa shape index (κ3) is 26.8. The van der Waals surface area contributed by atoms with Gasteiger partial charge in [-0.25, -0.2) is 28.4 Å². The molecule has 145 heavy (non-hydrogen) atoms. The van der Waals surface area contributed by atoms with Gasteiger partial charge in [-0.15, -0.1) is 0 Å². The van der Waals surface area contributed by atoms with Crippen LogP contribution in [0, 0.1) is 0 Å². The van der Waals surface area contributed by atoms with Gasteiger partial charge < -0.3 is 87.7 Å². The van der Waals surface area contributed by atoms with Crippen molar-refractivity contribution in [3.8, 4) is 91.0 Å². The first-order valence-electron chi connectivity index (χ1n) is 49.0. The van der Waals surface area contributed by atoms with E-state index in [4.69, 9.17) is 57.8 Å². The fraction of sp³-hybridized carbons (Fsp3) is 0.370. The topological polar surface area (TPSA) is 358 Å². The van der Waals surface area contributed by atoms with Crippen LogP contribution in [0.4, 0.5) is 45.5 Å². The number of hydrogen-bond acceptors (Lipinski definition) is 32. The molecule has 3 saturated heterocycles. The van der Waals surface area contributed by atoms with Crippen LogP contribution in [0.15, 0.2) is 220 Å². The van der Waals surface area contributed by atoms with E-state index < -0.39 is 9.84 Å². The molecule has 4 fully saturated rings. The van der Waals surface area contributed by atoms with Crippen molar-refractivity contribution < 1.29 is 56.5 Å². The Morgan fingerprint density at radius 3 is 0.910 bits per heavy atom. The minimum Gasteiger partial charge on any atom is -0.497 e. The number of aryl methyl sites for hydroxylation is 4. The highest BCUT2D eigenvalue weighted by Crippen LogP contribution is 2.41. The summed E-state index contributed by atoms with van der Waals surface area (Å²) in [5, 5.41) is 40.5. The van der Waals surface area contributed by atoms with E-state index >= 15 is 0 Å². The van der Waals surface area contributed by atoms with Crippen LogP contribution in [-0.2, 0) is 37.5 Å². The number of aliphatic hydroxyl groups is 2. The molecule has 2 unspecified atom stereocenters. The monoisotopic (exact) mass is 1980 g/mol. The Morgan fingerprint density at radius 2 is 0.634 bits per heavy atom. The maximum Gasteiger partial charge on any atom is 0.149 e. The first-order chi connectivity index (χ1) is 70.5. The summed E-state index contributed by atoms with van der Waals surface area (Å²) >= 11 is 0. The van der Waals surface area contributed by atoms with E-state index in [-0.39, 0.29) is 18.0 Å². The third-order valence-electron chi connectivity index (χ3n) is 26.2. The number of β-amino-alcohol motifs (C(OH)–C–C–N with tert-alkyl or cyclic N) is 2. The van der Waals surface area contributed by atoms with Crippen LogP contribution < -0.4 is 62.8 Å². The Hall–Kier alpha value is -14.7. The number of ether oxygens (including phenoxy) is 8. The van der Waals surface area contributed by atoms with E-state index in [1.165, 1.54) is 45.0 Å². The normalized spacial score (nSPS) is 14.8. The van der Waals surface area contributed by atoms with Gasteiger partial charge in [-0.1, -0.05) is 0 Å². The van der Waals surface area contributed by atoms with Crippen molar-refractivity contribution in [3.05, 3.63) is 220 Å². The molecule has 36 nitrogen and oxygen atoms in total. The second kappa shape index (κ2) is 47.7. The maximum atomic E-state index is 11.5. The lowest BCUT2D eigenvalue weighted by molar-refractivity contribution is 0.176. The van der Waals surface area contributed by atoms with Gasteiger partial charge in [0.1, 0.15) is 55.8 Å². The van der Waals surface area contributed by atoms with Crippen LogP contribution in [0.5, 0.6) is 46.0 Å². The van der Waals surface area contributed by atoms with Crippen molar-refractivity contribution >= 4 is 99.5 Å². The highest BCUT2D eigenvalue weighted by Gasteiger charge is 2.27. The van der Waals surface area contributed by atoms with Crippen LogP contribution in [0.1, 0.15) is 57.8 Å². The highest BCUT2D eigenvalue weighted by atomic mass is 32.2. The summed E-state index contributed by atoms with van der Waals surface area (Å²) < 4.78 is 74.3. The van der Waals surface area contributed by atoms with Crippen molar-refractivity contribution in [1.29, 1.82) is 0 Å². The molecular weight excluding hydrogens is 1860 g/mol. The summed E-state index contributed by atoms with van der Waals surface area (Å²) in [4.78, 5) is 54.3. The molecule has 758 valence electrons. The van der Waals surface area contributed by atoms with Gasteiger partial charge in [-0.2, -0.15) is 20.4 Å². The Kier molecular flexibility index (Phi) is 33.4. The molecule has 4 aliphatic rings. The summed E-state index contributed by atoms with van der Waals surface area (Å²) in [5.74, 6) is 5.93. The molecule has 1 aliphatic carbocycles. The van der Waals surface area contributed by atoms with Gasteiger partial charge >= 0.3 is 0 Å². The largest absolute Gasteiger partial charge is 0.497 e. The molecule has 37 heteroatoms. The zero-order valence-electron chi connectivity index (χ0n) is 84.4. The molecule has 20 rings (SSSR count). The minimum atomic E-state index is -3.08. The molecule has 3 aliphatic heterocycles. The minimum absolute atomic E-state index is 0.0313. The van der Waals surface area contributed by atoms with Crippen LogP contribution in [-0.4, -0.2) is 291 Å². The molecule has 8 aromatic carbocycles. The lowest BCUT2D eigenvalue weighted by Crippen LogP contribution is -2.30. The van der Waals surface area contributed by atoms with Crippen LogP contribution in [0.3, 0.4) is 0 Å². The van der Waals surface area contributed by atoms with Crippen molar-refractivity contribution in [2.75, 3.05) is 180 Å². The number of nitrogens with zero attached hydrogens (tertiary/aromatic N) is 23. The van der Waals surface area contributed by atoms with Crippen LogP contribution in [0.25, 0.3) is 89.2 Å². The average Bonchev–Trinajstić information content (AvgIpc) is 1.55. The number of nitrogens with one attached hydrogen (secondary N) is 1. The summed E-state index contributed by atoms with van der Waals surface area (Å²) in [6, 6.07) is 49.0. The first kappa shape index (κ1) is 102. The standard InChI is InChI=1S/C29H36N6O4S.2C27H32N6O3.C25H28N6O2/c1-38-25-15-24(16-26(18-25)39-2)35(12-6-11-33-9-4-5-10-33)23-7-8-27-28(17-23)32-29(20-30-27)22-19-31-34(21-22)13-14-40(3,36)37;2*1-31-17-19(15-29-31)27-16-28-25-6-5-20(13-26(25)30-27)33(9-4-8-32-10-7-22(34)18-32)21-11-23(35-2)14-24(12-21)36-3;1-30-16-17(14-28-30)25-15-27-23-7-6-19(12-24(23)29-25)31(9-8-26-18-4-5-18)20-10-21(32-2)13-22(11-20)33-3/h7-8,15-21H,4-6,9-14H2,1-3H3;2*5-6,11-17,22,34H,4,7-10,18H2,1-3H3;6-7,10-16,18,26H,4-5,8-9H2,1-3H3. The number of aliphatic hydroxyl groups excluding tert-OH is 2. The van der Waals surface area contributed by atoms with Gasteiger partial charge in [-0.3, -0.25) is 38.7 Å². The molecule has 0 radical (unpaired) electrons. The number of rotatable bonds is 39. The van der Waals surface area contributed by atoms with Crippen LogP contribution in [0.2, 0.25) is 0 Å². The predicted molar refractivity (Wildman–Crippen MR) is 567 cm³/mol. The van der Waals surface area contributed by atoms with E-state index in [1.54, 1.807) is 131 Å². The molecular formula is C108H128N24O12S. The summed E-state index contributed by atoms with van der Waals surface area (Å²) in [6.45, 7) is 13.0. The molecule has 0 bridgehead atoms. The van der Waals surface area contributed by atoms with E-state index in [9.17, 15) is 18.6 Å². The molecule has 16 aromatic rings. The Bertz CT molecular complexity index is 6900. The van der Waals surface area contributed by atoms with Gasteiger partial charge in [0.2, 0.25) is 0 Å². The fourth-order valence-corrected chi connectivity index (χ4v) is 18.8. The summed E-state index contributed by atoms with van der Waals surface area (Å²) in [5.41, 5.74) is 21.2. The second-order valence-electron chi connectivity index (χ2n) is 36.8. The van der Waals surface area contributed by atoms with Crippen molar-refractivity contribution in [1.82, 2.24) is 99.0 Å². The Labute approximate surface area is 845 Å². The number of likely N-dealkylation sites (tertiary alicyclic amines) is 3. The van der Waals surface area contributed by atoms with Gasteiger partial charge in [0, 0.05) is 258 Å². The highest BCUT2D eigenvalue weighted by molar-refractivity contribution is 7.90. The second-order valence-corrected chi connectivity index (χ2v) is 39.0. The summed E-state index contributed by atoms with van der Waals surface area (Å²) in [6.07, 6.45) is 32.2. The zero-order chi connectivity index (χ0) is 101. The van der Waals surface area contributed by atoms with Gasteiger partial charge in [0.25, 0.3) is 0 Å². The van der Waals surface area contributed by atoms with E-state index in [1.807, 2.05) is 137 Å². The van der Waals surface area contributed by atoms with Crippen molar-refractivity contribution in [2.45, 2.75) is 82.6 Å². The van der Waals surface area contributed by atoms with Crippen LogP contribution >= 0.6 is 0 Å². The number of sulfone groups is 1. The number of benzene rings is 8. The van der Waals surface area contributed by atoms with E-state index in [0.29, 0.717) is 18.3 Å². The van der Waals surface area contributed by atoms with Crippen molar-refractivity contribution in [3.63, 3.8) is 0 Å². The van der Waals surface area contributed by atoms with E-state index in [0.717, 1.165) is 286 Å². The quantitative estimate of drug-likeness (QED) is 0.0322.